The quantitative estimate of drug-likeness (QED) is 0.650. The van der Waals surface area contributed by atoms with Crippen molar-refractivity contribution in [3.8, 4) is 0 Å². The van der Waals surface area contributed by atoms with Crippen molar-refractivity contribution in [2.45, 2.75) is 19.4 Å². The molecule has 0 amide bonds. The summed E-state index contributed by atoms with van der Waals surface area (Å²) in [4.78, 5) is 11.3. The van der Waals surface area contributed by atoms with Crippen molar-refractivity contribution in [2.75, 3.05) is 5.73 Å². The summed E-state index contributed by atoms with van der Waals surface area (Å²) in [6.45, 7) is 1.60. The second-order valence-corrected chi connectivity index (χ2v) is 3.91. The van der Waals surface area contributed by atoms with Gasteiger partial charge in [-0.25, -0.2) is 0 Å². The van der Waals surface area contributed by atoms with E-state index in [1.165, 1.54) is 0 Å². The number of rotatable bonds is 1. The van der Waals surface area contributed by atoms with Crippen LogP contribution in [-0.2, 0) is 11.2 Å². The fourth-order valence-electron chi connectivity index (χ4n) is 2.10. The molecule has 3 nitrogen and oxygen atoms in total. The largest absolute Gasteiger partial charge is 0.399 e. The van der Waals surface area contributed by atoms with E-state index in [9.17, 15) is 4.79 Å². The number of nitrogens with two attached hydrogens (primary N) is 2. The van der Waals surface area contributed by atoms with Crippen LogP contribution >= 0.6 is 0 Å². The molecule has 14 heavy (non-hydrogen) atoms. The van der Waals surface area contributed by atoms with E-state index in [-0.39, 0.29) is 17.7 Å². The van der Waals surface area contributed by atoms with Gasteiger partial charge in [0.1, 0.15) is 5.78 Å². The third-order valence-electron chi connectivity index (χ3n) is 2.92. The highest BCUT2D eigenvalue weighted by Crippen LogP contribution is 2.35. The third kappa shape index (κ3) is 1.30. The third-order valence-corrected chi connectivity index (χ3v) is 2.92. The van der Waals surface area contributed by atoms with E-state index in [1.54, 1.807) is 6.92 Å². The zero-order valence-corrected chi connectivity index (χ0v) is 8.16. The van der Waals surface area contributed by atoms with Gasteiger partial charge in [0.2, 0.25) is 0 Å². The summed E-state index contributed by atoms with van der Waals surface area (Å²) in [5, 5.41) is 0. The van der Waals surface area contributed by atoms with E-state index in [2.05, 4.69) is 0 Å². The molecule has 0 aromatic heterocycles. The first-order valence-electron chi connectivity index (χ1n) is 4.74. The monoisotopic (exact) mass is 190 g/mol. The van der Waals surface area contributed by atoms with Crippen molar-refractivity contribution in [1.82, 2.24) is 0 Å². The first-order valence-corrected chi connectivity index (χ1v) is 4.74. The molecule has 0 saturated heterocycles. The second-order valence-electron chi connectivity index (χ2n) is 3.91. The van der Waals surface area contributed by atoms with Crippen molar-refractivity contribution in [2.24, 2.45) is 11.7 Å². The Morgan fingerprint density at radius 1 is 1.50 bits per heavy atom. The Balaban J connectivity index is 2.40. The van der Waals surface area contributed by atoms with Crippen LogP contribution in [0.1, 0.15) is 24.1 Å². The normalized spacial score (nSPS) is 24.7. The van der Waals surface area contributed by atoms with Crippen molar-refractivity contribution in [3.05, 3.63) is 29.3 Å². The van der Waals surface area contributed by atoms with Gasteiger partial charge in [-0.15, -0.1) is 0 Å². The molecule has 1 aliphatic carbocycles. The van der Waals surface area contributed by atoms with Crippen LogP contribution in [0.3, 0.4) is 0 Å². The van der Waals surface area contributed by atoms with Gasteiger partial charge in [0.05, 0.1) is 0 Å². The average molecular weight is 190 g/mol. The number of nitrogen functional groups attached to an aromatic ring is 1. The lowest BCUT2D eigenvalue weighted by molar-refractivity contribution is -0.121. The predicted octanol–water partition coefficient (Wildman–Crippen LogP) is 1.03. The molecule has 0 saturated carbocycles. The van der Waals surface area contributed by atoms with E-state index in [4.69, 9.17) is 11.5 Å². The number of benzene rings is 1. The molecule has 0 aliphatic heterocycles. The van der Waals surface area contributed by atoms with Crippen LogP contribution in [0.4, 0.5) is 5.69 Å². The van der Waals surface area contributed by atoms with Gasteiger partial charge in [-0.3, -0.25) is 4.79 Å². The van der Waals surface area contributed by atoms with E-state index in [0.717, 1.165) is 23.2 Å². The molecule has 1 aromatic carbocycles. The van der Waals surface area contributed by atoms with E-state index < -0.39 is 0 Å². The number of Topliss-reactive ketones (excluding diaryl/α,β-unsaturated/α-hetero) is 1. The number of carbonyl (C=O) groups is 1. The van der Waals surface area contributed by atoms with Crippen LogP contribution in [0.15, 0.2) is 18.2 Å². The number of hydrogen-bond acceptors (Lipinski definition) is 3. The molecule has 0 fully saturated rings. The van der Waals surface area contributed by atoms with Crippen LogP contribution in [0, 0.1) is 5.92 Å². The Bertz CT molecular complexity index is 387. The highest BCUT2D eigenvalue weighted by Gasteiger charge is 2.32. The molecule has 1 aromatic rings. The number of carbonyl (C=O) groups excluding carboxylic acids is 1. The van der Waals surface area contributed by atoms with Gasteiger partial charge in [-0.05, 0) is 36.6 Å². The molecule has 2 unspecified atom stereocenters. The Morgan fingerprint density at radius 3 is 2.86 bits per heavy atom. The minimum atomic E-state index is -0.150. The molecule has 2 atom stereocenters. The number of fused-ring (bicyclic) bond motifs is 1. The van der Waals surface area contributed by atoms with Gasteiger partial charge in [-0.1, -0.05) is 6.07 Å². The zero-order valence-electron chi connectivity index (χ0n) is 8.16. The van der Waals surface area contributed by atoms with Crippen LogP contribution in [0.5, 0.6) is 0 Å². The van der Waals surface area contributed by atoms with Crippen molar-refractivity contribution in [1.29, 1.82) is 0 Å². The second kappa shape index (κ2) is 3.10. The maximum absolute atomic E-state index is 11.3. The molecule has 0 radical (unpaired) electrons. The summed E-state index contributed by atoms with van der Waals surface area (Å²) >= 11 is 0. The fraction of sp³-hybridized carbons (Fsp3) is 0.364. The van der Waals surface area contributed by atoms with Crippen LogP contribution in [0.2, 0.25) is 0 Å². The molecular weight excluding hydrogens is 176 g/mol. The lowest BCUT2D eigenvalue weighted by Crippen LogP contribution is -2.22. The average Bonchev–Trinajstić information content (AvgIpc) is 2.43. The summed E-state index contributed by atoms with van der Waals surface area (Å²) in [5.74, 6) is 0.0964. The zero-order chi connectivity index (χ0) is 10.3. The lowest BCUT2D eigenvalue weighted by Gasteiger charge is -2.11. The van der Waals surface area contributed by atoms with Crippen molar-refractivity contribution >= 4 is 11.5 Å². The minimum absolute atomic E-state index is 0.0631. The Hall–Kier alpha value is -1.35. The van der Waals surface area contributed by atoms with Crippen molar-refractivity contribution < 1.29 is 4.79 Å². The molecule has 0 bridgehead atoms. The Labute approximate surface area is 83.1 Å². The number of hydrogen-bond donors (Lipinski definition) is 2. The highest BCUT2D eigenvalue weighted by molar-refractivity contribution is 5.81. The van der Waals surface area contributed by atoms with Gasteiger partial charge in [-0.2, -0.15) is 0 Å². The Morgan fingerprint density at radius 2 is 2.21 bits per heavy atom. The van der Waals surface area contributed by atoms with Gasteiger partial charge < -0.3 is 11.5 Å². The maximum Gasteiger partial charge on any atom is 0.135 e. The van der Waals surface area contributed by atoms with Gasteiger partial charge in [0, 0.05) is 17.6 Å². The fourth-order valence-corrected chi connectivity index (χ4v) is 2.10. The summed E-state index contributed by atoms with van der Waals surface area (Å²) in [6.07, 6.45) is 0.733. The van der Waals surface area contributed by atoms with E-state index >= 15 is 0 Å². The molecule has 0 spiro atoms. The SMILES string of the molecule is CC(=O)C1Cc2cc(N)ccc2C1N. The molecule has 2 rings (SSSR count). The molecule has 74 valence electrons. The van der Waals surface area contributed by atoms with E-state index in [0.29, 0.717) is 0 Å². The number of anilines is 1. The van der Waals surface area contributed by atoms with Crippen LogP contribution in [0.25, 0.3) is 0 Å². The lowest BCUT2D eigenvalue weighted by atomic mass is 9.98. The maximum atomic E-state index is 11.3. The van der Waals surface area contributed by atoms with E-state index in [1.807, 2.05) is 18.2 Å². The minimum Gasteiger partial charge on any atom is -0.399 e. The van der Waals surface area contributed by atoms with Crippen LogP contribution < -0.4 is 11.5 Å². The molecular formula is C11H14N2O. The molecule has 0 heterocycles. The summed E-state index contributed by atoms with van der Waals surface area (Å²) in [7, 11) is 0. The molecule has 1 aliphatic rings. The van der Waals surface area contributed by atoms with Gasteiger partial charge >= 0.3 is 0 Å². The van der Waals surface area contributed by atoms with Gasteiger partial charge in [0.15, 0.2) is 0 Å². The van der Waals surface area contributed by atoms with Crippen LogP contribution in [-0.4, -0.2) is 5.78 Å². The smallest absolute Gasteiger partial charge is 0.135 e. The summed E-state index contributed by atoms with van der Waals surface area (Å²) in [6, 6.07) is 5.53. The predicted molar refractivity (Wildman–Crippen MR) is 55.7 cm³/mol. The molecule has 3 heteroatoms. The molecule has 4 N–H and O–H groups in total. The summed E-state index contributed by atoms with van der Waals surface area (Å²) in [5.41, 5.74) is 14.6. The highest BCUT2D eigenvalue weighted by atomic mass is 16.1. The first kappa shape index (κ1) is 9.21. The topological polar surface area (TPSA) is 69.1 Å². The number of ketones is 1. The standard InChI is InChI=1S/C11H14N2O/c1-6(14)10-5-7-4-8(12)2-3-9(7)11(10)13/h2-4,10-11H,5,12-13H2,1H3. The Kier molecular flexibility index (Phi) is 2.04. The summed E-state index contributed by atoms with van der Waals surface area (Å²) < 4.78 is 0. The van der Waals surface area contributed by atoms with Crippen molar-refractivity contribution in [3.63, 3.8) is 0 Å². The van der Waals surface area contributed by atoms with Gasteiger partial charge in [0.25, 0.3) is 0 Å². The first-order chi connectivity index (χ1) is 6.59.